The molecule has 1 fully saturated rings. The molecule has 1 aliphatic rings. The van der Waals surface area contributed by atoms with Gasteiger partial charge in [0.1, 0.15) is 18.5 Å². The SMILES string of the molecule is CC(CN1CCOCC1)NCC(O)COc1ccccc1. The Bertz CT molecular complexity index is 382. The average Bonchev–Trinajstić information content (AvgIpc) is 2.53. The summed E-state index contributed by atoms with van der Waals surface area (Å²) in [4.78, 5) is 2.38. The van der Waals surface area contributed by atoms with Crippen LogP contribution in [0.3, 0.4) is 0 Å². The highest BCUT2D eigenvalue weighted by Gasteiger charge is 2.14. The Hall–Kier alpha value is -1.14. The van der Waals surface area contributed by atoms with Gasteiger partial charge in [0.2, 0.25) is 0 Å². The van der Waals surface area contributed by atoms with Gasteiger partial charge < -0.3 is 19.9 Å². The van der Waals surface area contributed by atoms with Gasteiger partial charge in [-0.05, 0) is 19.1 Å². The quantitative estimate of drug-likeness (QED) is 0.740. The summed E-state index contributed by atoms with van der Waals surface area (Å²) in [5, 5.41) is 13.3. The molecule has 1 aromatic rings. The van der Waals surface area contributed by atoms with Crippen LogP contribution in [0, 0.1) is 0 Å². The van der Waals surface area contributed by atoms with Crippen molar-refractivity contribution in [3.05, 3.63) is 30.3 Å². The number of para-hydroxylation sites is 1. The Balaban J connectivity index is 1.58. The Morgan fingerprint density at radius 2 is 2.00 bits per heavy atom. The third-order valence-corrected chi connectivity index (χ3v) is 3.52. The van der Waals surface area contributed by atoms with Crippen LogP contribution in [0.25, 0.3) is 0 Å². The molecule has 2 unspecified atom stereocenters. The fourth-order valence-corrected chi connectivity index (χ4v) is 2.34. The van der Waals surface area contributed by atoms with Gasteiger partial charge in [-0.15, -0.1) is 0 Å². The lowest BCUT2D eigenvalue weighted by molar-refractivity contribution is 0.0331. The van der Waals surface area contributed by atoms with E-state index >= 15 is 0 Å². The van der Waals surface area contributed by atoms with Crippen molar-refractivity contribution < 1.29 is 14.6 Å². The Morgan fingerprint density at radius 3 is 2.71 bits per heavy atom. The monoisotopic (exact) mass is 294 g/mol. The van der Waals surface area contributed by atoms with Gasteiger partial charge in [0.15, 0.2) is 0 Å². The number of morpholine rings is 1. The van der Waals surface area contributed by atoms with Crippen LogP contribution in [0.5, 0.6) is 5.75 Å². The highest BCUT2D eigenvalue weighted by molar-refractivity contribution is 5.20. The predicted molar refractivity (Wildman–Crippen MR) is 82.7 cm³/mol. The van der Waals surface area contributed by atoms with E-state index in [1.54, 1.807) is 0 Å². The van der Waals surface area contributed by atoms with Crippen LogP contribution in [0.1, 0.15) is 6.92 Å². The number of nitrogens with one attached hydrogen (secondary N) is 1. The van der Waals surface area contributed by atoms with Crippen LogP contribution in [-0.4, -0.2) is 68.2 Å². The molecule has 2 N–H and O–H groups in total. The topological polar surface area (TPSA) is 54.0 Å². The fraction of sp³-hybridized carbons (Fsp3) is 0.625. The van der Waals surface area contributed by atoms with E-state index in [2.05, 4.69) is 17.1 Å². The van der Waals surface area contributed by atoms with Gasteiger partial charge in [-0.3, -0.25) is 4.90 Å². The first-order valence-corrected chi connectivity index (χ1v) is 7.63. The maximum atomic E-state index is 9.94. The van der Waals surface area contributed by atoms with E-state index in [1.165, 1.54) is 0 Å². The second-order valence-electron chi connectivity index (χ2n) is 5.50. The van der Waals surface area contributed by atoms with E-state index in [9.17, 15) is 5.11 Å². The molecule has 118 valence electrons. The van der Waals surface area contributed by atoms with E-state index in [0.29, 0.717) is 19.2 Å². The lowest BCUT2D eigenvalue weighted by Gasteiger charge is -2.29. The zero-order valence-electron chi connectivity index (χ0n) is 12.7. The summed E-state index contributed by atoms with van der Waals surface area (Å²) in [7, 11) is 0. The average molecular weight is 294 g/mol. The van der Waals surface area contributed by atoms with Crippen molar-refractivity contribution >= 4 is 0 Å². The summed E-state index contributed by atoms with van der Waals surface area (Å²) in [5.41, 5.74) is 0. The second-order valence-corrected chi connectivity index (χ2v) is 5.50. The molecule has 0 spiro atoms. The molecule has 5 nitrogen and oxygen atoms in total. The fourth-order valence-electron chi connectivity index (χ4n) is 2.34. The Labute approximate surface area is 126 Å². The summed E-state index contributed by atoms with van der Waals surface area (Å²) in [6, 6.07) is 9.91. The predicted octanol–water partition coefficient (Wildman–Crippen LogP) is 0.737. The first-order valence-electron chi connectivity index (χ1n) is 7.63. The summed E-state index contributed by atoms with van der Waals surface area (Å²) >= 11 is 0. The third kappa shape index (κ3) is 6.44. The van der Waals surface area contributed by atoms with Gasteiger partial charge in [-0.2, -0.15) is 0 Å². The highest BCUT2D eigenvalue weighted by atomic mass is 16.5. The van der Waals surface area contributed by atoms with Crippen molar-refractivity contribution in [2.45, 2.75) is 19.1 Å². The zero-order valence-corrected chi connectivity index (χ0v) is 12.7. The number of ether oxygens (including phenoxy) is 2. The third-order valence-electron chi connectivity index (χ3n) is 3.52. The summed E-state index contributed by atoms with van der Waals surface area (Å²) in [6.07, 6.45) is -0.502. The number of benzene rings is 1. The molecule has 1 aliphatic heterocycles. The van der Waals surface area contributed by atoms with Gasteiger partial charge in [0.25, 0.3) is 0 Å². The summed E-state index contributed by atoms with van der Waals surface area (Å²) in [6.45, 7) is 7.59. The van der Waals surface area contributed by atoms with Crippen LogP contribution in [-0.2, 0) is 4.74 Å². The molecule has 0 bridgehead atoms. The minimum atomic E-state index is -0.502. The number of hydrogen-bond acceptors (Lipinski definition) is 5. The van der Waals surface area contributed by atoms with Crippen molar-refractivity contribution in [2.75, 3.05) is 46.0 Å². The van der Waals surface area contributed by atoms with E-state index < -0.39 is 6.10 Å². The Kier molecular flexibility index (Phi) is 6.95. The minimum absolute atomic E-state index is 0.307. The number of rotatable bonds is 8. The molecule has 0 aliphatic carbocycles. The number of aliphatic hydroxyl groups excluding tert-OH is 1. The standard InChI is InChI=1S/C16H26N2O3/c1-14(12-18-7-9-20-10-8-18)17-11-15(19)13-21-16-5-3-2-4-6-16/h2-6,14-15,17,19H,7-13H2,1H3. The number of aliphatic hydroxyl groups is 1. The van der Waals surface area contributed by atoms with E-state index in [1.807, 2.05) is 30.3 Å². The molecule has 0 amide bonds. The molecular formula is C16H26N2O3. The largest absolute Gasteiger partial charge is 0.491 e. The molecule has 1 aromatic carbocycles. The van der Waals surface area contributed by atoms with E-state index in [-0.39, 0.29) is 0 Å². The van der Waals surface area contributed by atoms with Crippen molar-refractivity contribution in [1.29, 1.82) is 0 Å². The molecule has 21 heavy (non-hydrogen) atoms. The first-order chi connectivity index (χ1) is 10.2. The maximum absolute atomic E-state index is 9.94. The van der Waals surface area contributed by atoms with Gasteiger partial charge in [-0.1, -0.05) is 18.2 Å². The molecule has 0 aromatic heterocycles. The highest BCUT2D eigenvalue weighted by Crippen LogP contribution is 2.08. The van der Waals surface area contributed by atoms with E-state index in [0.717, 1.165) is 38.6 Å². The van der Waals surface area contributed by atoms with Crippen LogP contribution in [0.2, 0.25) is 0 Å². The van der Waals surface area contributed by atoms with Crippen molar-refractivity contribution in [2.24, 2.45) is 0 Å². The van der Waals surface area contributed by atoms with Crippen molar-refractivity contribution in [1.82, 2.24) is 10.2 Å². The number of hydrogen-bond donors (Lipinski definition) is 2. The zero-order chi connectivity index (χ0) is 14.9. The summed E-state index contributed by atoms with van der Waals surface area (Å²) < 4.78 is 10.9. The van der Waals surface area contributed by atoms with Crippen LogP contribution < -0.4 is 10.1 Å². The summed E-state index contributed by atoms with van der Waals surface area (Å²) in [5.74, 6) is 0.790. The molecule has 1 heterocycles. The van der Waals surface area contributed by atoms with Crippen molar-refractivity contribution in [3.8, 4) is 5.75 Å². The molecule has 5 heteroatoms. The van der Waals surface area contributed by atoms with Gasteiger partial charge in [-0.25, -0.2) is 0 Å². The van der Waals surface area contributed by atoms with E-state index in [4.69, 9.17) is 9.47 Å². The Morgan fingerprint density at radius 1 is 1.29 bits per heavy atom. The smallest absolute Gasteiger partial charge is 0.119 e. The molecule has 1 saturated heterocycles. The maximum Gasteiger partial charge on any atom is 0.119 e. The molecule has 0 saturated carbocycles. The minimum Gasteiger partial charge on any atom is -0.491 e. The van der Waals surface area contributed by atoms with Gasteiger partial charge in [0.05, 0.1) is 13.2 Å². The van der Waals surface area contributed by atoms with Crippen LogP contribution in [0.15, 0.2) is 30.3 Å². The molecule has 2 atom stereocenters. The molecule has 0 radical (unpaired) electrons. The normalized spacial score (nSPS) is 19.1. The first kappa shape index (κ1) is 16.2. The number of nitrogens with zero attached hydrogens (tertiary/aromatic N) is 1. The lowest BCUT2D eigenvalue weighted by Crippen LogP contribution is -2.46. The van der Waals surface area contributed by atoms with Gasteiger partial charge in [0, 0.05) is 32.2 Å². The molecular weight excluding hydrogens is 268 g/mol. The lowest BCUT2D eigenvalue weighted by atomic mass is 10.2. The second kappa shape index (κ2) is 9.00. The van der Waals surface area contributed by atoms with Crippen molar-refractivity contribution in [3.63, 3.8) is 0 Å². The van der Waals surface area contributed by atoms with Crippen LogP contribution in [0.4, 0.5) is 0 Å². The van der Waals surface area contributed by atoms with Crippen LogP contribution >= 0.6 is 0 Å². The molecule has 2 rings (SSSR count). The van der Waals surface area contributed by atoms with Gasteiger partial charge >= 0.3 is 0 Å².